The van der Waals surface area contributed by atoms with E-state index >= 15 is 0 Å². The van der Waals surface area contributed by atoms with Gasteiger partial charge in [-0.3, -0.25) is 9.69 Å². The van der Waals surface area contributed by atoms with Gasteiger partial charge in [0.25, 0.3) is 0 Å². The summed E-state index contributed by atoms with van der Waals surface area (Å²) >= 11 is 0. The van der Waals surface area contributed by atoms with Crippen LogP contribution in [0.2, 0.25) is 0 Å². The van der Waals surface area contributed by atoms with Crippen LogP contribution in [0.15, 0.2) is 28.7 Å². The number of anilines is 1. The second kappa shape index (κ2) is 11.1. The van der Waals surface area contributed by atoms with Crippen molar-refractivity contribution >= 4 is 24.1 Å². The summed E-state index contributed by atoms with van der Waals surface area (Å²) in [5.74, 6) is 3.25. The van der Waals surface area contributed by atoms with Crippen molar-refractivity contribution < 1.29 is 9.21 Å². The first-order chi connectivity index (χ1) is 15.8. The predicted octanol–water partition coefficient (Wildman–Crippen LogP) is 3.48. The molecule has 4 heterocycles. The van der Waals surface area contributed by atoms with Crippen LogP contribution in [-0.2, 0) is 4.79 Å². The van der Waals surface area contributed by atoms with Crippen molar-refractivity contribution in [3.8, 4) is 17.4 Å². The second-order valence-electron chi connectivity index (χ2n) is 9.24. The van der Waals surface area contributed by atoms with Crippen molar-refractivity contribution in [1.29, 1.82) is 0 Å². The molecule has 1 atom stereocenters. The number of likely N-dealkylation sites (tertiary alicyclic amines) is 1. The Labute approximate surface area is 207 Å². The van der Waals surface area contributed by atoms with Gasteiger partial charge in [0.1, 0.15) is 11.6 Å². The van der Waals surface area contributed by atoms with Crippen molar-refractivity contribution in [3.63, 3.8) is 0 Å². The first-order valence-corrected chi connectivity index (χ1v) is 11.4. The normalized spacial score (nSPS) is 16.5. The minimum atomic E-state index is -0.0832. The van der Waals surface area contributed by atoms with E-state index in [1.165, 1.54) is 6.42 Å². The molecule has 0 aromatic carbocycles. The molecule has 0 spiro atoms. The van der Waals surface area contributed by atoms with E-state index in [2.05, 4.69) is 44.3 Å². The minimum Gasteiger partial charge on any atom is -0.458 e. The number of amides is 1. The van der Waals surface area contributed by atoms with Gasteiger partial charge in [0.2, 0.25) is 5.91 Å². The number of piperidine rings is 1. The molecule has 10 heteroatoms. The van der Waals surface area contributed by atoms with Crippen molar-refractivity contribution in [1.82, 2.24) is 29.5 Å². The summed E-state index contributed by atoms with van der Waals surface area (Å²) in [6.45, 7) is 9.04. The molecule has 0 saturated carbocycles. The third-order valence-corrected chi connectivity index (χ3v) is 5.76. The summed E-state index contributed by atoms with van der Waals surface area (Å²) in [5.41, 5.74) is 1.84. The zero-order valence-corrected chi connectivity index (χ0v) is 21.4. The van der Waals surface area contributed by atoms with Gasteiger partial charge in [-0.05, 0) is 78.4 Å². The number of aryl methyl sites for hydroxylation is 3. The third-order valence-electron chi connectivity index (χ3n) is 5.76. The van der Waals surface area contributed by atoms with Crippen LogP contribution in [-0.4, -0.2) is 75.7 Å². The fourth-order valence-electron chi connectivity index (χ4n) is 4.48. The summed E-state index contributed by atoms with van der Waals surface area (Å²) < 4.78 is 7.49. The SMILES string of the molecule is Cc1cc(C)n(-c2cc(NC(=O)CN3CCC[C@@H](CN(C)C)C3)nc(-c3ccc(C)o3)n2)n1.Cl. The van der Waals surface area contributed by atoms with Gasteiger partial charge in [-0.1, -0.05) is 0 Å². The zero-order valence-electron chi connectivity index (χ0n) is 20.5. The maximum absolute atomic E-state index is 12.9. The summed E-state index contributed by atoms with van der Waals surface area (Å²) in [7, 11) is 4.19. The van der Waals surface area contributed by atoms with Crippen LogP contribution in [0.25, 0.3) is 17.4 Å². The molecule has 1 aliphatic rings. The van der Waals surface area contributed by atoms with E-state index in [4.69, 9.17) is 4.42 Å². The predicted molar refractivity (Wildman–Crippen MR) is 135 cm³/mol. The van der Waals surface area contributed by atoms with E-state index in [1.807, 2.05) is 39.0 Å². The molecule has 0 unspecified atom stereocenters. The molecule has 1 amide bonds. The Morgan fingerprint density at radius 2 is 2.00 bits per heavy atom. The molecule has 3 aromatic heterocycles. The Kier molecular flexibility index (Phi) is 8.46. The van der Waals surface area contributed by atoms with Gasteiger partial charge in [0.05, 0.1) is 12.2 Å². The molecule has 34 heavy (non-hydrogen) atoms. The van der Waals surface area contributed by atoms with E-state index in [1.54, 1.807) is 10.7 Å². The number of nitrogens with one attached hydrogen (secondary N) is 1. The van der Waals surface area contributed by atoms with Crippen molar-refractivity contribution in [2.24, 2.45) is 5.92 Å². The Morgan fingerprint density at radius 3 is 2.65 bits per heavy atom. The van der Waals surface area contributed by atoms with Crippen LogP contribution in [0.5, 0.6) is 0 Å². The van der Waals surface area contributed by atoms with E-state index < -0.39 is 0 Å². The summed E-state index contributed by atoms with van der Waals surface area (Å²) in [5, 5.41) is 7.51. The van der Waals surface area contributed by atoms with Gasteiger partial charge in [-0.2, -0.15) is 5.10 Å². The highest BCUT2D eigenvalue weighted by Gasteiger charge is 2.22. The van der Waals surface area contributed by atoms with E-state index in [0.29, 0.717) is 35.7 Å². The number of aromatic nitrogens is 4. The molecule has 0 radical (unpaired) electrons. The molecular formula is C24H34ClN7O2. The molecule has 0 aliphatic carbocycles. The Bertz CT molecular complexity index is 1120. The lowest BCUT2D eigenvalue weighted by Gasteiger charge is -2.33. The minimum absolute atomic E-state index is 0. The number of hydrogen-bond acceptors (Lipinski definition) is 7. The topological polar surface area (TPSA) is 92.3 Å². The highest BCUT2D eigenvalue weighted by molar-refractivity contribution is 5.91. The maximum Gasteiger partial charge on any atom is 0.239 e. The maximum atomic E-state index is 12.9. The van der Waals surface area contributed by atoms with Crippen molar-refractivity contribution in [3.05, 3.63) is 41.4 Å². The second-order valence-corrected chi connectivity index (χ2v) is 9.24. The van der Waals surface area contributed by atoms with Crippen LogP contribution >= 0.6 is 12.4 Å². The Hall–Kier alpha value is -2.75. The number of hydrogen-bond donors (Lipinski definition) is 1. The lowest BCUT2D eigenvalue weighted by Crippen LogP contribution is -2.43. The molecule has 9 nitrogen and oxygen atoms in total. The van der Waals surface area contributed by atoms with Crippen molar-refractivity contribution in [2.45, 2.75) is 33.6 Å². The van der Waals surface area contributed by atoms with Gasteiger partial charge < -0.3 is 14.6 Å². The number of rotatable bonds is 7. The van der Waals surface area contributed by atoms with Crippen molar-refractivity contribution in [2.75, 3.05) is 45.6 Å². The molecule has 1 saturated heterocycles. The molecule has 1 aliphatic heterocycles. The Morgan fingerprint density at radius 1 is 1.21 bits per heavy atom. The monoisotopic (exact) mass is 487 g/mol. The van der Waals surface area contributed by atoms with Gasteiger partial charge in [-0.15, -0.1) is 12.4 Å². The highest BCUT2D eigenvalue weighted by atomic mass is 35.5. The molecule has 184 valence electrons. The molecule has 0 bridgehead atoms. The fraction of sp³-hybridized carbons (Fsp3) is 0.500. The first kappa shape index (κ1) is 25.9. The van der Waals surface area contributed by atoms with Crippen LogP contribution < -0.4 is 5.32 Å². The van der Waals surface area contributed by atoms with Crippen LogP contribution in [0.3, 0.4) is 0 Å². The summed E-state index contributed by atoms with van der Waals surface area (Å²) in [6.07, 6.45) is 2.32. The number of nitrogens with zero attached hydrogens (tertiary/aromatic N) is 6. The average molecular weight is 488 g/mol. The number of furan rings is 1. The molecular weight excluding hydrogens is 454 g/mol. The molecule has 1 N–H and O–H groups in total. The van der Waals surface area contributed by atoms with Gasteiger partial charge in [-0.25, -0.2) is 14.6 Å². The van der Waals surface area contributed by atoms with Crippen LogP contribution in [0, 0.1) is 26.7 Å². The lowest BCUT2D eigenvalue weighted by molar-refractivity contribution is -0.117. The third kappa shape index (κ3) is 6.43. The summed E-state index contributed by atoms with van der Waals surface area (Å²) in [4.78, 5) is 26.6. The number of carbonyl (C=O) groups excluding carboxylic acids is 1. The fourth-order valence-corrected chi connectivity index (χ4v) is 4.48. The van der Waals surface area contributed by atoms with Crippen LogP contribution in [0.1, 0.15) is 30.0 Å². The quantitative estimate of drug-likeness (QED) is 0.545. The largest absolute Gasteiger partial charge is 0.458 e. The molecule has 1 fully saturated rings. The van der Waals surface area contributed by atoms with E-state index in [0.717, 1.165) is 43.2 Å². The summed E-state index contributed by atoms with van der Waals surface area (Å²) in [6, 6.07) is 7.44. The average Bonchev–Trinajstić information content (AvgIpc) is 3.32. The lowest BCUT2D eigenvalue weighted by atomic mass is 9.97. The number of halogens is 1. The first-order valence-electron chi connectivity index (χ1n) is 11.4. The van der Waals surface area contributed by atoms with Gasteiger partial charge in [0, 0.05) is 24.8 Å². The van der Waals surface area contributed by atoms with E-state index in [9.17, 15) is 4.79 Å². The standard InChI is InChI=1S/C24H33N7O2.ClH/c1-16-11-17(2)31(28-16)22-12-21(26-24(27-22)20-9-8-18(3)33-20)25-23(32)15-30-10-6-7-19(14-30)13-29(4)5;/h8-9,11-12,19H,6-7,10,13-15H2,1-5H3,(H,25,26,27,32);1H/t19-;/m0./s1. The highest BCUT2D eigenvalue weighted by Crippen LogP contribution is 2.23. The smallest absolute Gasteiger partial charge is 0.239 e. The van der Waals surface area contributed by atoms with Crippen LogP contribution in [0.4, 0.5) is 5.82 Å². The Balaban J connectivity index is 0.00000324. The number of carbonyl (C=O) groups is 1. The molecule has 4 rings (SSSR count). The molecule has 3 aromatic rings. The van der Waals surface area contributed by atoms with Gasteiger partial charge >= 0.3 is 0 Å². The zero-order chi connectivity index (χ0) is 23.5. The van der Waals surface area contributed by atoms with E-state index in [-0.39, 0.29) is 18.3 Å². The van der Waals surface area contributed by atoms with Gasteiger partial charge in [0.15, 0.2) is 17.4 Å².